The molecular formula is C10H14Cl3N. The van der Waals surface area contributed by atoms with Crippen molar-refractivity contribution < 1.29 is 0 Å². The van der Waals surface area contributed by atoms with Crippen molar-refractivity contribution >= 4 is 35.6 Å². The van der Waals surface area contributed by atoms with E-state index in [4.69, 9.17) is 28.9 Å². The monoisotopic (exact) mass is 253 g/mol. The third-order valence-corrected chi connectivity index (χ3v) is 2.52. The van der Waals surface area contributed by atoms with Crippen LogP contribution in [0.2, 0.25) is 10.0 Å². The average molecular weight is 255 g/mol. The summed E-state index contributed by atoms with van der Waals surface area (Å²) in [7, 11) is 0. The molecule has 4 heteroatoms. The van der Waals surface area contributed by atoms with Crippen molar-refractivity contribution in [1.29, 1.82) is 0 Å². The molecule has 1 rings (SSSR count). The lowest BCUT2D eigenvalue weighted by Gasteiger charge is -2.12. The molecule has 0 unspecified atom stereocenters. The topological polar surface area (TPSA) is 26.0 Å². The van der Waals surface area contributed by atoms with Gasteiger partial charge in [0.15, 0.2) is 0 Å². The molecule has 80 valence electrons. The third kappa shape index (κ3) is 3.66. The van der Waals surface area contributed by atoms with Gasteiger partial charge in [0.05, 0.1) is 0 Å². The highest BCUT2D eigenvalue weighted by Gasteiger charge is 2.08. The fourth-order valence-electron chi connectivity index (χ4n) is 1.27. The van der Waals surface area contributed by atoms with Crippen molar-refractivity contribution in [3.8, 4) is 0 Å². The normalized spacial score (nSPS) is 12.0. The Balaban J connectivity index is 0.00000169. The van der Waals surface area contributed by atoms with Gasteiger partial charge in [0.2, 0.25) is 0 Å². The van der Waals surface area contributed by atoms with Crippen LogP contribution in [0, 0.1) is 0 Å². The largest absolute Gasteiger partial charge is 0.324 e. The van der Waals surface area contributed by atoms with Gasteiger partial charge in [-0.3, -0.25) is 0 Å². The second-order valence-electron chi connectivity index (χ2n) is 3.06. The van der Waals surface area contributed by atoms with Crippen molar-refractivity contribution in [2.45, 2.75) is 25.8 Å². The molecule has 0 aromatic heterocycles. The van der Waals surface area contributed by atoms with Gasteiger partial charge in [-0.15, -0.1) is 12.4 Å². The minimum Gasteiger partial charge on any atom is -0.324 e. The van der Waals surface area contributed by atoms with Crippen LogP contribution in [-0.4, -0.2) is 0 Å². The highest BCUT2D eigenvalue weighted by Crippen LogP contribution is 2.27. The summed E-state index contributed by atoms with van der Waals surface area (Å²) in [6, 6.07) is 5.46. The second kappa shape index (κ2) is 6.52. The van der Waals surface area contributed by atoms with E-state index in [1.165, 1.54) is 0 Å². The summed E-state index contributed by atoms with van der Waals surface area (Å²) in [4.78, 5) is 0. The van der Waals surface area contributed by atoms with Crippen LogP contribution in [0.3, 0.4) is 0 Å². The summed E-state index contributed by atoms with van der Waals surface area (Å²) in [6.07, 6.45) is 2.00. The van der Waals surface area contributed by atoms with Crippen LogP contribution < -0.4 is 5.73 Å². The Kier molecular flexibility index (Phi) is 6.54. The summed E-state index contributed by atoms with van der Waals surface area (Å²) in [5.41, 5.74) is 6.91. The number of nitrogens with two attached hydrogens (primary N) is 1. The first-order valence-electron chi connectivity index (χ1n) is 4.35. The zero-order valence-corrected chi connectivity index (χ0v) is 10.3. The van der Waals surface area contributed by atoms with Crippen LogP contribution >= 0.6 is 35.6 Å². The zero-order valence-electron chi connectivity index (χ0n) is 7.97. The van der Waals surface area contributed by atoms with Crippen molar-refractivity contribution in [3.63, 3.8) is 0 Å². The fraction of sp³-hybridized carbons (Fsp3) is 0.400. The molecule has 0 bridgehead atoms. The summed E-state index contributed by atoms with van der Waals surface area (Å²) in [6.45, 7) is 2.10. The molecule has 0 fully saturated rings. The minimum atomic E-state index is 0. The zero-order chi connectivity index (χ0) is 9.84. The lowest BCUT2D eigenvalue weighted by atomic mass is 10.0. The van der Waals surface area contributed by atoms with E-state index in [1.54, 1.807) is 6.07 Å². The molecule has 0 spiro atoms. The predicted octanol–water partition coefficient (Wildman–Crippen LogP) is 4.22. The van der Waals surface area contributed by atoms with Gasteiger partial charge in [0.1, 0.15) is 0 Å². The fourth-order valence-corrected chi connectivity index (χ4v) is 1.82. The lowest BCUT2D eigenvalue weighted by Crippen LogP contribution is -2.10. The molecule has 2 N–H and O–H groups in total. The first-order chi connectivity index (χ1) is 6.15. The quantitative estimate of drug-likeness (QED) is 0.859. The molecule has 0 radical (unpaired) electrons. The van der Waals surface area contributed by atoms with Crippen molar-refractivity contribution in [2.75, 3.05) is 0 Å². The summed E-state index contributed by atoms with van der Waals surface area (Å²) >= 11 is 11.8. The Morgan fingerprint density at radius 1 is 1.36 bits per heavy atom. The van der Waals surface area contributed by atoms with E-state index >= 15 is 0 Å². The van der Waals surface area contributed by atoms with Crippen molar-refractivity contribution in [2.24, 2.45) is 5.73 Å². The van der Waals surface area contributed by atoms with E-state index in [9.17, 15) is 0 Å². The molecule has 1 aromatic carbocycles. The van der Waals surface area contributed by atoms with Gasteiger partial charge in [0, 0.05) is 16.1 Å². The Bertz CT molecular complexity index is 289. The summed E-state index contributed by atoms with van der Waals surface area (Å²) in [5, 5.41) is 1.31. The summed E-state index contributed by atoms with van der Waals surface area (Å²) in [5.74, 6) is 0. The van der Waals surface area contributed by atoms with Crippen LogP contribution in [0.5, 0.6) is 0 Å². The van der Waals surface area contributed by atoms with Gasteiger partial charge in [-0.2, -0.15) is 0 Å². The molecule has 14 heavy (non-hydrogen) atoms. The Morgan fingerprint density at radius 3 is 2.50 bits per heavy atom. The SMILES string of the molecule is CCC[C@@H](N)c1ccc(Cl)cc1Cl.Cl. The number of benzene rings is 1. The predicted molar refractivity (Wildman–Crippen MR) is 65.5 cm³/mol. The lowest BCUT2D eigenvalue weighted by molar-refractivity contribution is 0.639. The molecule has 0 saturated heterocycles. The van der Waals surface area contributed by atoms with E-state index in [2.05, 4.69) is 6.92 Å². The number of rotatable bonds is 3. The average Bonchev–Trinajstić information content (AvgIpc) is 2.04. The molecule has 1 nitrogen and oxygen atoms in total. The maximum Gasteiger partial charge on any atom is 0.0468 e. The van der Waals surface area contributed by atoms with E-state index in [0.717, 1.165) is 18.4 Å². The van der Waals surface area contributed by atoms with Crippen LogP contribution in [0.4, 0.5) is 0 Å². The molecule has 1 aromatic rings. The van der Waals surface area contributed by atoms with Gasteiger partial charge in [0.25, 0.3) is 0 Å². The number of hydrogen-bond acceptors (Lipinski definition) is 1. The van der Waals surface area contributed by atoms with E-state index < -0.39 is 0 Å². The minimum absolute atomic E-state index is 0. The van der Waals surface area contributed by atoms with Gasteiger partial charge in [-0.1, -0.05) is 42.6 Å². The smallest absolute Gasteiger partial charge is 0.0468 e. The maximum absolute atomic E-state index is 6.00. The molecule has 0 amide bonds. The first kappa shape index (κ1) is 14.1. The van der Waals surface area contributed by atoms with Crippen LogP contribution in [0.15, 0.2) is 18.2 Å². The molecule has 0 aliphatic heterocycles. The molecule has 0 saturated carbocycles. The third-order valence-electron chi connectivity index (χ3n) is 1.96. The molecule has 0 aliphatic rings. The maximum atomic E-state index is 6.00. The Morgan fingerprint density at radius 2 is 2.00 bits per heavy atom. The van der Waals surface area contributed by atoms with E-state index in [0.29, 0.717) is 10.0 Å². The van der Waals surface area contributed by atoms with E-state index in [-0.39, 0.29) is 18.4 Å². The molecule has 1 atom stereocenters. The van der Waals surface area contributed by atoms with Crippen molar-refractivity contribution in [3.05, 3.63) is 33.8 Å². The van der Waals surface area contributed by atoms with Gasteiger partial charge in [-0.05, 0) is 24.1 Å². The Hall–Kier alpha value is 0.0500. The highest BCUT2D eigenvalue weighted by atomic mass is 35.5. The van der Waals surface area contributed by atoms with Gasteiger partial charge < -0.3 is 5.73 Å². The number of halogens is 3. The van der Waals surface area contributed by atoms with Gasteiger partial charge in [-0.25, -0.2) is 0 Å². The molecular weight excluding hydrogens is 240 g/mol. The highest BCUT2D eigenvalue weighted by molar-refractivity contribution is 6.35. The second-order valence-corrected chi connectivity index (χ2v) is 3.90. The van der Waals surface area contributed by atoms with Crippen LogP contribution in [0.1, 0.15) is 31.4 Å². The number of hydrogen-bond donors (Lipinski definition) is 1. The first-order valence-corrected chi connectivity index (χ1v) is 5.11. The Labute approximate surface area is 101 Å². The van der Waals surface area contributed by atoms with Crippen LogP contribution in [-0.2, 0) is 0 Å². The van der Waals surface area contributed by atoms with Crippen LogP contribution in [0.25, 0.3) is 0 Å². The van der Waals surface area contributed by atoms with Crippen molar-refractivity contribution in [1.82, 2.24) is 0 Å². The van der Waals surface area contributed by atoms with E-state index in [1.807, 2.05) is 12.1 Å². The molecule has 0 aliphatic carbocycles. The standard InChI is InChI=1S/C10H13Cl2N.ClH/c1-2-3-10(13)8-5-4-7(11)6-9(8)12;/h4-6,10H,2-3,13H2,1H3;1H/t10-;/m1./s1. The van der Waals surface area contributed by atoms with Gasteiger partial charge >= 0.3 is 0 Å². The summed E-state index contributed by atoms with van der Waals surface area (Å²) < 4.78 is 0. The molecule has 0 heterocycles.